The van der Waals surface area contributed by atoms with Crippen molar-refractivity contribution >= 4 is 12.0 Å². The number of rotatable bonds is 7. The van der Waals surface area contributed by atoms with Gasteiger partial charge in [0.2, 0.25) is 0 Å². The Morgan fingerprint density at radius 3 is 2.70 bits per heavy atom. The topological polar surface area (TPSA) is 78.9 Å². The molecule has 6 heteroatoms. The van der Waals surface area contributed by atoms with E-state index in [-0.39, 0.29) is 18.2 Å². The summed E-state index contributed by atoms with van der Waals surface area (Å²) >= 11 is 0. The molecule has 2 amide bonds. The fraction of sp³-hybridized carbons (Fsp3) is 0.857. The number of nitrogens with zero attached hydrogens (tertiary/aromatic N) is 1. The summed E-state index contributed by atoms with van der Waals surface area (Å²) in [6.07, 6.45) is 4.43. The van der Waals surface area contributed by atoms with Gasteiger partial charge in [-0.2, -0.15) is 0 Å². The number of amides is 2. The Morgan fingerprint density at radius 1 is 1.45 bits per heavy atom. The van der Waals surface area contributed by atoms with E-state index in [9.17, 15) is 14.7 Å². The maximum atomic E-state index is 12.2. The molecule has 0 saturated carbocycles. The summed E-state index contributed by atoms with van der Waals surface area (Å²) in [6, 6.07) is -1.03. The first-order valence-electron chi connectivity index (χ1n) is 7.32. The third-order valence-electron chi connectivity index (χ3n) is 3.75. The minimum atomic E-state index is -0.974. The van der Waals surface area contributed by atoms with Gasteiger partial charge in [0.15, 0.2) is 0 Å². The van der Waals surface area contributed by atoms with Crippen LogP contribution in [0.3, 0.4) is 0 Å². The van der Waals surface area contributed by atoms with E-state index < -0.39 is 12.0 Å². The molecule has 1 aliphatic heterocycles. The highest BCUT2D eigenvalue weighted by atomic mass is 16.5. The quantitative estimate of drug-likeness (QED) is 0.700. The number of carbonyl (C=O) groups is 2. The van der Waals surface area contributed by atoms with E-state index >= 15 is 0 Å². The van der Waals surface area contributed by atoms with E-state index in [1.54, 1.807) is 7.11 Å². The van der Waals surface area contributed by atoms with Crippen LogP contribution < -0.4 is 5.32 Å². The van der Waals surface area contributed by atoms with E-state index in [1.165, 1.54) is 4.90 Å². The molecule has 0 aromatic rings. The molecule has 1 rings (SSSR count). The lowest BCUT2D eigenvalue weighted by molar-refractivity contribution is -0.141. The van der Waals surface area contributed by atoms with E-state index in [1.807, 2.05) is 6.92 Å². The fourth-order valence-electron chi connectivity index (χ4n) is 2.49. The molecule has 1 fully saturated rings. The standard InChI is InChI=1S/C14H26N2O4/c1-4-5-6-7-10(2)15-14(19)16-9-11(20-3)8-12(16)13(17)18/h10-12H,4-9H2,1-3H3,(H,15,19)(H,17,18). The number of nitrogens with one attached hydrogen (secondary N) is 1. The number of carbonyl (C=O) groups excluding carboxylic acids is 1. The third-order valence-corrected chi connectivity index (χ3v) is 3.75. The summed E-state index contributed by atoms with van der Waals surface area (Å²) in [5.74, 6) is -0.974. The van der Waals surface area contributed by atoms with Crippen LogP contribution in [0, 0.1) is 0 Å². The van der Waals surface area contributed by atoms with Crippen molar-refractivity contribution in [2.24, 2.45) is 0 Å². The molecular formula is C14H26N2O4. The molecule has 0 bridgehead atoms. The van der Waals surface area contributed by atoms with Gasteiger partial charge in [0.1, 0.15) is 6.04 Å². The molecule has 3 unspecified atom stereocenters. The van der Waals surface area contributed by atoms with Crippen LogP contribution in [0.15, 0.2) is 0 Å². The van der Waals surface area contributed by atoms with Gasteiger partial charge in [-0.25, -0.2) is 9.59 Å². The van der Waals surface area contributed by atoms with Gasteiger partial charge in [-0.15, -0.1) is 0 Å². The van der Waals surface area contributed by atoms with Crippen molar-refractivity contribution in [1.82, 2.24) is 10.2 Å². The molecule has 116 valence electrons. The van der Waals surface area contributed by atoms with Crippen molar-refractivity contribution in [2.45, 2.75) is 64.1 Å². The van der Waals surface area contributed by atoms with Crippen LogP contribution in [0.4, 0.5) is 4.79 Å². The number of aliphatic carboxylic acids is 1. The number of unbranched alkanes of at least 4 members (excludes halogenated alkanes) is 2. The lowest BCUT2D eigenvalue weighted by Crippen LogP contribution is -2.48. The summed E-state index contributed by atoms with van der Waals surface area (Å²) in [4.78, 5) is 24.7. The number of ether oxygens (including phenoxy) is 1. The van der Waals surface area contributed by atoms with Crippen molar-refractivity contribution in [3.8, 4) is 0 Å². The number of urea groups is 1. The summed E-state index contributed by atoms with van der Waals surface area (Å²) < 4.78 is 5.17. The molecule has 6 nitrogen and oxygen atoms in total. The van der Waals surface area contributed by atoms with Crippen LogP contribution in [0.25, 0.3) is 0 Å². The van der Waals surface area contributed by atoms with Gasteiger partial charge in [0, 0.05) is 26.1 Å². The molecule has 20 heavy (non-hydrogen) atoms. The van der Waals surface area contributed by atoms with Gasteiger partial charge in [-0.05, 0) is 13.3 Å². The second kappa shape index (κ2) is 8.09. The zero-order valence-electron chi connectivity index (χ0n) is 12.6. The van der Waals surface area contributed by atoms with Gasteiger partial charge in [-0.3, -0.25) is 0 Å². The van der Waals surface area contributed by atoms with Gasteiger partial charge in [-0.1, -0.05) is 26.2 Å². The van der Waals surface area contributed by atoms with E-state index in [0.717, 1.165) is 25.7 Å². The van der Waals surface area contributed by atoms with Gasteiger partial charge < -0.3 is 20.1 Å². The Kier molecular flexibility index (Phi) is 6.78. The van der Waals surface area contributed by atoms with Crippen LogP contribution in [0.2, 0.25) is 0 Å². The lowest BCUT2D eigenvalue weighted by Gasteiger charge is -2.24. The second-order valence-electron chi connectivity index (χ2n) is 5.45. The largest absolute Gasteiger partial charge is 0.480 e. The Labute approximate surface area is 120 Å². The van der Waals surface area contributed by atoms with E-state index in [0.29, 0.717) is 13.0 Å². The minimum absolute atomic E-state index is 0.0603. The number of carboxylic acids is 1. The first kappa shape index (κ1) is 16.8. The molecule has 3 atom stereocenters. The summed E-state index contributed by atoms with van der Waals surface area (Å²) in [6.45, 7) is 4.42. The highest BCUT2D eigenvalue weighted by Gasteiger charge is 2.40. The van der Waals surface area contributed by atoms with Crippen molar-refractivity contribution in [3.05, 3.63) is 0 Å². The van der Waals surface area contributed by atoms with Crippen LogP contribution in [-0.4, -0.2) is 53.8 Å². The molecule has 0 radical (unpaired) electrons. The fourth-order valence-corrected chi connectivity index (χ4v) is 2.49. The molecule has 0 aromatic carbocycles. The Hall–Kier alpha value is -1.30. The smallest absolute Gasteiger partial charge is 0.326 e. The number of carboxylic acid groups (broad SMARTS) is 1. The number of hydrogen-bond donors (Lipinski definition) is 2. The number of hydrogen-bond acceptors (Lipinski definition) is 3. The Morgan fingerprint density at radius 2 is 2.15 bits per heavy atom. The Balaban J connectivity index is 2.50. The molecule has 0 aromatic heterocycles. The van der Waals surface area contributed by atoms with Crippen molar-refractivity contribution in [3.63, 3.8) is 0 Å². The number of likely N-dealkylation sites (tertiary alicyclic amines) is 1. The summed E-state index contributed by atoms with van der Waals surface area (Å²) in [5.41, 5.74) is 0. The summed E-state index contributed by atoms with van der Waals surface area (Å²) in [5, 5.41) is 12.1. The van der Waals surface area contributed by atoms with Crippen LogP contribution in [-0.2, 0) is 9.53 Å². The molecule has 1 saturated heterocycles. The van der Waals surface area contributed by atoms with Crippen LogP contribution in [0.1, 0.15) is 46.0 Å². The highest BCUT2D eigenvalue weighted by Crippen LogP contribution is 2.20. The monoisotopic (exact) mass is 286 g/mol. The third kappa shape index (κ3) is 4.67. The first-order valence-corrected chi connectivity index (χ1v) is 7.32. The summed E-state index contributed by atoms with van der Waals surface area (Å²) in [7, 11) is 1.54. The van der Waals surface area contributed by atoms with E-state index in [4.69, 9.17) is 4.74 Å². The highest BCUT2D eigenvalue weighted by molar-refractivity contribution is 5.83. The zero-order chi connectivity index (χ0) is 15.1. The maximum absolute atomic E-state index is 12.2. The SMILES string of the molecule is CCCCCC(C)NC(=O)N1CC(OC)CC1C(=O)O. The van der Waals surface area contributed by atoms with Crippen molar-refractivity contribution in [2.75, 3.05) is 13.7 Å². The van der Waals surface area contributed by atoms with Crippen LogP contribution >= 0.6 is 0 Å². The van der Waals surface area contributed by atoms with Crippen molar-refractivity contribution in [1.29, 1.82) is 0 Å². The predicted octanol–water partition coefficient (Wildman–Crippen LogP) is 1.84. The molecule has 1 heterocycles. The van der Waals surface area contributed by atoms with Gasteiger partial charge in [0.05, 0.1) is 6.10 Å². The molecule has 0 spiro atoms. The van der Waals surface area contributed by atoms with E-state index in [2.05, 4.69) is 12.2 Å². The minimum Gasteiger partial charge on any atom is -0.480 e. The van der Waals surface area contributed by atoms with Gasteiger partial charge >= 0.3 is 12.0 Å². The maximum Gasteiger partial charge on any atom is 0.326 e. The van der Waals surface area contributed by atoms with Crippen molar-refractivity contribution < 1.29 is 19.4 Å². The first-order chi connectivity index (χ1) is 9.49. The second-order valence-corrected chi connectivity index (χ2v) is 5.45. The Bertz CT molecular complexity index is 335. The predicted molar refractivity (Wildman–Crippen MR) is 75.7 cm³/mol. The zero-order valence-corrected chi connectivity index (χ0v) is 12.6. The molecule has 1 aliphatic rings. The molecule has 2 N–H and O–H groups in total. The molecule has 0 aliphatic carbocycles. The van der Waals surface area contributed by atoms with Crippen LogP contribution in [0.5, 0.6) is 0 Å². The molecular weight excluding hydrogens is 260 g/mol. The lowest BCUT2D eigenvalue weighted by atomic mass is 10.1. The number of methoxy groups -OCH3 is 1. The average Bonchev–Trinajstić information content (AvgIpc) is 2.83. The average molecular weight is 286 g/mol. The van der Waals surface area contributed by atoms with Gasteiger partial charge in [0.25, 0.3) is 0 Å². The normalized spacial score (nSPS) is 23.6.